The van der Waals surface area contributed by atoms with Gasteiger partial charge in [0, 0.05) is 5.92 Å². The van der Waals surface area contributed by atoms with Gasteiger partial charge in [0.15, 0.2) is 6.29 Å². The molecule has 2 N–H and O–H groups in total. The smallest absolute Gasteiger partial charge is 0.158 e. The van der Waals surface area contributed by atoms with Crippen LogP contribution in [0.25, 0.3) is 0 Å². The first-order valence-corrected chi connectivity index (χ1v) is 14.2. The van der Waals surface area contributed by atoms with Gasteiger partial charge < -0.3 is 19.7 Å². The number of allylic oxidation sites excluding steroid dienone is 2. The Morgan fingerprint density at radius 2 is 1.62 bits per heavy atom. The summed E-state index contributed by atoms with van der Waals surface area (Å²) in [5, 5.41) is 21.9. The molecule has 4 heteroatoms. The minimum Gasteiger partial charge on any atom is -0.393 e. The molecule has 4 aliphatic carbocycles. The van der Waals surface area contributed by atoms with Gasteiger partial charge in [-0.1, -0.05) is 46.3 Å². The number of rotatable bonds is 2. The molecule has 5 fully saturated rings. The Morgan fingerprint density at radius 1 is 0.912 bits per heavy atom. The summed E-state index contributed by atoms with van der Waals surface area (Å²) in [7, 11) is 0. The van der Waals surface area contributed by atoms with Crippen LogP contribution in [-0.4, -0.2) is 40.4 Å². The van der Waals surface area contributed by atoms with Gasteiger partial charge in [-0.15, -0.1) is 0 Å². The lowest BCUT2D eigenvalue weighted by Gasteiger charge is -2.64. The molecule has 0 unspecified atom stereocenters. The Kier molecular flexibility index (Phi) is 5.01. The SMILES string of the molecule is CC1(C)O[C@@H]1[C@H]1C[C@@H]([C@@H]2CC[C@]3(C)C4=CC[C@H]5C(C)(C)[C@@H](O)CC[C@]5(C)[C@@H]4CC[C@@]23C)[C@H](O)O1. The predicted molar refractivity (Wildman–Crippen MR) is 133 cm³/mol. The van der Waals surface area contributed by atoms with Gasteiger partial charge in [0.2, 0.25) is 0 Å². The number of aliphatic hydroxyl groups excluding tert-OH is 2. The maximum Gasteiger partial charge on any atom is 0.158 e. The van der Waals surface area contributed by atoms with Crippen LogP contribution in [0.2, 0.25) is 0 Å². The zero-order chi connectivity index (χ0) is 24.5. The topological polar surface area (TPSA) is 62.2 Å². The quantitative estimate of drug-likeness (QED) is 0.391. The van der Waals surface area contributed by atoms with Gasteiger partial charge in [0.05, 0.1) is 17.8 Å². The number of hydrogen-bond donors (Lipinski definition) is 2. The molecule has 2 aliphatic heterocycles. The zero-order valence-electron chi connectivity index (χ0n) is 22.6. The number of hydrogen-bond acceptors (Lipinski definition) is 4. The third-order valence-electron chi connectivity index (χ3n) is 13.0. The molecule has 34 heavy (non-hydrogen) atoms. The summed E-state index contributed by atoms with van der Waals surface area (Å²) in [6, 6.07) is 0. The fourth-order valence-corrected chi connectivity index (χ4v) is 10.5. The highest BCUT2D eigenvalue weighted by Crippen LogP contribution is 2.73. The van der Waals surface area contributed by atoms with E-state index < -0.39 is 6.29 Å². The number of fused-ring (bicyclic) bond motifs is 5. The second-order valence-electron chi connectivity index (χ2n) is 14.9. The maximum absolute atomic E-state index is 11.0. The van der Waals surface area contributed by atoms with Crippen LogP contribution in [0.5, 0.6) is 0 Å². The third-order valence-corrected chi connectivity index (χ3v) is 13.0. The maximum atomic E-state index is 11.0. The Balaban J connectivity index is 1.29. The van der Waals surface area contributed by atoms with E-state index in [0.717, 1.165) is 25.7 Å². The number of ether oxygens (including phenoxy) is 2. The molecule has 2 heterocycles. The van der Waals surface area contributed by atoms with Gasteiger partial charge in [-0.2, -0.15) is 0 Å². The van der Waals surface area contributed by atoms with Crippen LogP contribution in [0.15, 0.2) is 11.6 Å². The van der Waals surface area contributed by atoms with E-state index in [1.807, 2.05) is 0 Å². The highest BCUT2D eigenvalue weighted by Gasteiger charge is 2.67. The van der Waals surface area contributed by atoms with Crippen molar-refractivity contribution in [1.29, 1.82) is 0 Å². The average molecular weight is 473 g/mol. The van der Waals surface area contributed by atoms with Gasteiger partial charge in [0.1, 0.15) is 6.10 Å². The highest BCUT2D eigenvalue weighted by atomic mass is 16.7. The highest BCUT2D eigenvalue weighted by molar-refractivity contribution is 5.33. The van der Waals surface area contributed by atoms with Gasteiger partial charge in [-0.3, -0.25) is 0 Å². The molecule has 0 aromatic heterocycles. The van der Waals surface area contributed by atoms with Crippen LogP contribution in [0.1, 0.15) is 99.8 Å². The van der Waals surface area contributed by atoms with E-state index in [1.54, 1.807) is 5.57 Å². The second kappa shape index (κ2) is 7.11. The molecule has 3 saturated carbocycles. The largest absolute Gasteiger partial charge is 0.393 e. The molecule has 0 radical (unpaired) electrons. The molecule has 0 bridgehead atoms. The Bertz CT molecular complexity index is 892. The first kappa shape index (κ1) is 23.9. The summed E-state index contributed by atoms with van der Waals surface area (Å²) in [6.07, 6.45) is 11.0. The third kappa shape index (κ3) is 2.92. The summed E-state index contributed by atoms with van der Waals surface area (Å²) in [5.74, 6) is 1.89. The average Bonchev–Trinajstić information content (AvgIpc) is 3.08. The lowest BCUT2D eigenvalue weighted by molar-refractivity contribution is -0.143. The fourth-order valence-electron chi connectivity index (χ4n) is 10.5. The standard InChI is InChI=1S/C30H48O4/c1-26(2)22-9-8-20-19(28(22,5)13-12-23(26)31)11-15-29(6)18(10-14-30(20,29)7)17-16-21(33-25(17)32)24-27(3,4)34-24/h8,17-19,21-25,31-32H,9-16H2,1-7H3/t17-,18-,19+,21+,22-,23-,24+,25+,28+,29-,30+/m0/s1. The summed E-state index contributed by atoms with van der Waals surface area (Å²) in [5.41, 5.74) is 2.28. The van der Waals surface area contributed by atoms with Gasteiger partial charge in [0.25, 0.3) is 0 Å². The van der Waals surface area contributed by atoms with Gasteiger partial charge in [-0.05, 0) is 105 Å². The van der Waals surface area contributed by atoms with E-state index >= 15 is 0 Å². The molecule has 4 nitrogen and oxygen atoms in total. The van der Waals surface area contributed by atoms with Crippen LogP contribution in [-0.2, 0) is 9.47 Å². The van der Waals surface area contributed by atoms with E-state index in [4.69, 9.17) is 9.47 Å². The first-order valence-electron chi connectivity index (χ1n) is 14.2. The molecule has 6 aliphatic rings. The lowest BCUT2D eigenvalue weighted by Crippen LogP contribution is -2.58. The first-order chi connectivity index (χ1) is 15.8. The molecule has 0 aromatic rings. The number of aliphatic hydroxyl groups is 2. The molecule has 192 valence electrons. The fraction of sp³-hybridized carbons (Fsp3) is 0.933. The zero-order valence-corrected chi connectivity index (χ0v) is 22.6. The van der Waals surface area contributed by atoms with Crippen molar-refractivity contribution in [2.24, 2.45) is 45.3 Å². The Morgan fingerprint density at radius 3 is 2.29 bits per heavy atom. The van der Waals surface area contributed by atoms with Crippen LogP contribution < -0.4 is 0 Å². The van der Waals surface area contributed by atoms with Crippen LogP contribution in [0.4, 0.5) is 0 Å². The molecule has 2 saturated heterocycles. The van der Waals surface area contributed by atoms with E-state index in [9.17, 15) is 10.2 Å². The Hall–Kier alpha value is -0.420. The minimum absolute atomic E-state index is 0.0200. The van der Waals surface area contributed by atoms with Crippen molar-refractivity contribution in [2.75, 3.05) is 0 Å². The second-order valence-corrected chi connectivity index (χ2v) is 14.9. The van der Waals surface area contributed by atoms with Crippen molar-refractivity contribution >= 4 is 0 Å². The van der Waals surface area contributed by atoms with Crippen molar-refractivity contribution < 1.29 is 19.7 Å². The van der Waals surface area contributed by atoms with Gasteiger partial charge in [-0.25, -0.2) is 0 Å². The molecule has 11 atom stereocenters. The summed E-state index contributed by atoms with van der Waals surface area (Å²) >= 11 is 0. The number of epoxide rings is 1. The Labute approximate surface area is 206 Å². The lowest BCUT2D eigenvalue weighted by atomic mass is 9.41. The van der Waals surface area contributed by atoms with E-state index in [-0.39, 0.29) is 51.5 Å². The molecule has 0 spiro atoms. The van der Waals surface area contributed by atoms with Crippen molar-refractivity contribution in [3.8, 4) is 0 Å². The van der Waals surface area contributed by atoms with Crippen LogP contribution in [0.3, 0.4) is 0 Å². The predicted octanol–water partition coefficient (Wildman–Crippen LogP) is 5.85. The van der Waals surface area contributed by atoms with Crippen molar-refractivity contribution in [2.45, 2.75) is 130 Å². The van der Waals surface area contributed by atoms with Crippen molar-refractivity contribution in [3.63, 3.8) is 0 Å². The van der Waals surface area contributed by atoms with Crippen molar-refractivity contribution in [3.05, 3.63) is 11.6 Å². The van der Waals surface area contributed by atoms with E-state index in [2.05, 4.69) is 54.5 Å². The van der Waals surface area contributed by atoms with Crippen molar-refractivity contribution in [1.82, 2.24) is 0 Å². The monoisotopic (exact) mass is 472 g/mol. The van der Waals surface area contributed by atoms with Gasteiger partial charge >= 0.3 is 0 Å². The molecular formula is C30H48O4. The molecular weight excluding hydrogens is 424 g/mol. The molecule has 6 rings (SSSR count). The van der Waals surface area contributed by atoms with Crippen LogP contribution in [0, 0.1) is 45.3 Å². The minimum atomic E-state index is -0.658. The van der Waals surface area contributed by atoms with E-state index in [1.165, 1.54) is 25.7 Å². The molecule has 0 amide bonds. The summed E-state index contributed by atoms with van der Waals surface area (Å²) in [6.45, 7) is 16.5. The van der Waals surface area contributed by atoms with E-state index in [0.29, 0.717) is 17.8 Å². The molecule has 0 aromatic carbocycles. The summed E-state index contributed by atoms with van der Waals surface area (Å²) < 4.78 is 12.0. The normalized spacial score (nSPS) is 57.4. The summed E-state index contributed by atoms with van der Waals surface area (Å²) in [4.78, 5) is 0. The van der Waals surface area contributed by atoms with Crippen LogP contribution >= 0.6 is 0 Å².